The second kappa shape index (κ2) is 14.2. The Morgan fingerprint density at radius 2 is 1.00 bits per heavy atom. The van der Waals surface area contributed by atoms with Crippen LogP contribution < -0.4 is 0 Å². The molecule has 0 spiro atoms. The van der Waals surface area contributed by atoms with Gasteiger partial charge in [0.05, 0.1) is 22.4 Å². The number of rotatable bonds is 6. The third-order valence-corrected chi connectivity index (χ3v) is 11.3. The Bertz CT molecular complexity index is 3240. The van der Waals surface area contributed by atoms with E-state index in [0.717, 1.165) is 74.0 Å². The van der Waals surface area contributed by atoms with Crippen molar-refractivity contribution in [1.82, 2.24) is 4.57 Å². The fourth-order valence-electron chi connectivity index (χ4n) is 8.43. The number of nitrogens with zero attached hydrogens (tertiary/aromatic N) is 3. The van der Waals surface area contributed by atoms with Gasteiger partial charge in [0.15, 0.2) is 5.84 Å². The van der Waals surface area contributed by atoms with E-state index in [0.29, 0.717) is 5.84 Å². The van der Waals surface area contributed by atoms with Gasteiger partial charge in [-0.05, 0) is 101 Å². The highest BCUT2D eigenvalue weighted by molar-refractivity contribution is 6.16. The average molecular weight is 744 g/mol. The molecule has 0 atom stereocenters. The number of para-hydroxylation sites is 2. The van der Waals surface area contributed by atoms with Gasteiger partial charge in [0.2, 0.25) is 0 Å². The summed E-state index contributed by atoms with van der Waals surface area (Å²) in [5, 5.41) is 4.70. The molecule has 4 heteroatoms. The van der Waals surface area contributed by atoms with Gasteiger partial charge in [-0.15, -0.1) is 0 Å². The van der Waals surface area contributed by atoms with Crippen LogP contribution in [-0.2, 0) is 0 Å². The van der Waals surface area contributed by atoms with Crippen LogP contribution >= 0.6 is 0 Å². The van der Waals surface area contributed by atoms with Crippen LogP contribution in [0.1, 0.15) is 29.5 Å². The van der Waals surface area contributed by atoms with Crippen molar-refractivity contribution in [2.45, 2.75) is 12.8 Å². The number of allylic oxidation sites excluding steroid dienone is 1. The summed E-state index contributed by atoms with van der Waals surface area (Å²) in [7, 11) is 0. The van der Waals surface area contributed by atoms with Gasteiger partial charge in [0.1, 0.15) is 11.2 Å². The predicted octanol–water partition coefficient (Wildman–Crippen LogP) is 14.1. The summed E-state index contributed by atoms with van der Waals surface area (Å²) in [6, 6.07) is 68.6. The number of furan rings is 1. The summed E-state index contributed by atoms with van der Waals surface area (Å²) in [5.74, 6) is 0.710. The van der Waals surface area contributed by atoms with E-state index in [1.807, 2.05) is 24.3 Å². The fourth-order valence-corrected chi connectivity index (χ4v) is 8.43. The first-order valence-corrected chi connectivity index (χ1v) is 19.9. The first kappa shape index (κ1) is 33.8. The quantitative estimate of drug-likeness (QED) is 0.167. The lowest BCUT2D eigenvalue weighted by molar-refractivity contribution is 0.669. The van der Waals surface area contributed by atoms with Crippen molar-refractivity contribution in [3.8, 4) is 27.9 Å². The standard InChI is InChI=1S/C54H37N3O/c1-4-13-38(14-5-1)48-20-12-21-49(56-54(55-48)39-15-6-2-7-16-39)42-27-30-45-47-34-41(29-32-52(47)58-53(45)35-42)37-25-23-36(24-26-37)40-28-31-51-46(33-40)44-19-10-11-22-50(44)57(51)43-17-8-3-9-18-43/h1-11,13-20,22-35H,12,21H2/b48-20-,55-54-,56-49+. The lowest BCUT2D eigenvalue weighted by Crippen LogP contribution is -2.09. The summed E-state index contributed by atoms with van der Waals surface area (Å²) >= 11 is 0. The molecule has 4 nitrogen and oxygen atoms in total. The zero-order chi connectivity index (χ0) is 38.4. The van der Waals surface area contributed by atoms with E-state index in [4.69, 9.17) is 14.4 Å². The Hall–Kier alpha value is -7.56. The zero-order valence-corrected chi connectivity index (χ0v) is 31.7. The molecule has 8 aromatic carbocycles. The van der Waals surface area contributed by atoms with Crippen LogP contribution in [0.3, 0.4) is 0 Å². The Kier molecular flexibility index (Phi) is 8.25. The molecule has 0 unspecified atom stereocenters. The fraction of sp³-hybridized carbons (Fsp3) is 0.0370. The van der Waals surface area contributed by atoms with E-state index in [1.54, 1.807) is 0 Å². The van der Waals surface area contributed by atoms with Crippen molar-refractivity contribution in [3.05, 3.63) is 217 Å². The number of hydrogen-bond acceptors (Lipinski definition) is 3. The molecule has 58 heavy (non-hydrogen) atoms. The number of aliphatic imine (C=N–C) groups is 2. The van der Waals surface area contributed by atoms with E-state index < -0.39 is 0 Å². The molecule has 0 fully saturated rings. The molecule has 0 aliphatic carbocycles. The molecule has 274 valence electrons. The second-order valence-electron chi connectivity index (χ2n) is 14.9. The van der Waals surface area contributed by atoms with Crippen LogP contribution in [0, 0.1) is 0 Å². The van der Waals surface area contributed by atoms with Crippen LogP contribution in [0.2, 0.25) is 0 Å². The Labute approximate surface area is 336 Å². The third kappa shape index (κ3) is 6.03. The molecule has 0 amide bonds. The molecule has 1 aliphatic rings. The van der Waals surface area contributed by atoms with Gasteiger partial charge < -0.3 is 8.98 Å². The summed E-state index contributed by atoms with van der Waals surface area (Å²) in [6.45, 7) is 0. The normalized spacial score (nSPS) is 16.0. The lowest BCUT2D eigenvalue weighted by atomic mass is 9.97. The molecular formula is C54H37N3O. The van der Waals surface area contributed by atoms with Gasteiger partial charge in [0, 0.05) is 32.8 Å². The molecule has 11 rings (SSSR count). The molecular weight excluding hydrogens is 707 g/mol. The van der Waals surface area contributed by atoms with Crippen LogP contribution in [0.5, 0.6) is 0 Å². The van der Waals surface area contributed by atoms with Crippen molar-refractivity contribution in [3.63, 3.8) is 0 Å². The van der Waals surface area contributed by atoms with E-state index in [-0.39, 0.29) is 0 Å². The number of amidine groups is 1. The monoisotopic (exact) mass is 743 g/mol. The van der Waals surface area contributed by atoms with Gasteiger partial charge in [0.25, 0.3) is 0 Å². The molecule has 1 aliphatic heterocycles. The highest BCUT2D eigenvalue weighted by Crippen LogP contribution is 2.37. The third-order valence-electron chi connectivity index (χ3n) is 11.3. The topological polar surface area (TPSA) is 42.8 Å². The molecule has 2 aromatic heterocycles. The van der Waals surface area contributed by atoms with Gasteiger partial charge in [-0.3, -0.25) is 0 Å². The Balaban J connectivity index is 0.909. The van der Waals surface area contributed by atoms with Crippen molar-refractivity contribution < 1.29 is 4.42 Å². The number of fused-ring (bicyclic) bond motifs is 6. The number of hydrogen-bond donors (Lipinski definition) is 0. The van der Waals surface area contributed by atoms with Crippen molar-refractivity contribution in [1.29, 1.82) is 0 Å². The molecule has 0 radical (unpaired) electrons. The molecule has 10 aromatic rings. The number of aromatic nitrogens is 1. The largest absolute Gasteiger partial charge is 0.456 e. The first-order chi connectivity index (χ1) is 28.7. The SMILES string of the molecule is C1=C(c2ccccc2)/N=C(c2ccccc2)\N=C(\c2ccc3c(c2)oc2ccc(-c4ccc(-c5ccc6c(c5)c5ccccc5n6-c5ccccc5)cc4)cc23)CC\1. The van der Waals surface area contributed by atoms with Crippen LogP contribution in [0.15, 0.2) is 215 Å². The molecule has 3 heterocycles. The van der Waals surface area contributed by atoms with Gasteiger partial charge >= 0.3 is 0 Å². The molecule has 0 bridgehead atoms. The van der Waals surface area contributed by atoms with Crippen LogP contribution in [-0.4, -0.2) is 16.1 Å². The minimum Gasteiger partial charge on any atom is -0.456 e. The predicted molar refractivity (Wildman–Crippen MR) is 242 cm³/mol. The van der Waals surface area contributed by atoms with Crippen LogP contribution in [0.25, 0.3) is 77.4 Å². The summed E-state index contributed by atoms with van der Waals surface area (Å²) in [4.78, 5) is 10.3. The van der Waals surface area contributed by atoms with E-state index in [1.165, 1.54) is 38.6 Å². The summed E-state index contributed by atoms with van der Waals surface area (Å²) in [6.07, 6.45) is 3.85. The minimum atomic E-state index is 0.710. The van der Waals surface area contributed by atoms with Crippen LogP contribution in [0.4, 0.5) is 0 Å². The summed E-state index contributed by atoms with van der Waals surface area (Å²) < 4.78 is 8.85. The zero-order valence-electron chi connectivity index (χ0n) is 31.7. The lowest BCUT2D eigenvalue weighted by Gasteiger charge is -2.13. The second-order valence-corrected chi connectivity index (χ2v) is 14.9. The highest BCUT2D eigenvalue weighted by Gasteiger charge is 2.17. The summed E-state index contributed by atoms with van der Waals surface area (Å²) in [5.41, 5.74) is 15.1. The highest BCUT2D eigenvalue weighted by atomic mass is 16.3. The van der Waals surface area contributed by atoms with E-state index in [9.17, 15) is 0 Å². The number of benzene rings is 8. The van der Waals surface area contributed by atoms with E-state index in [2.05, 4.69) is 181 Å². The first-order valence-electron chi connectivity index (χ1n) is 19.9. The van der Waals surface area contributed by atoms with Crippen molar-refractivity contribution >= 4 is 61.0 Å². The van der Waals surface area contributed by atoms with Crippen molar-refractivity contribution in [2.75, 3.05) is 0 Å². The molecule has 0 N–H and O–H groups in total. The minimum absolute atomic E-state index is 0.710. The molecule has 0 saturated heterocycles. The van der Waals surface area contributed by atoms with Gasteiger partial charge in [-0.1, -0.05) is 146 Å². The van der Waals surface area contributed by atoms with Crippen molar-refractivity contribution in [2.24, 2.45) is 9.98 Å². The Morgan fingerprint density at radius 1 is 0.397 bits per heavy atom. The Morgan fingerprint density at radius 3 is 1.76 bits per heavy atom. The molecule has 0 saturated carbocycles. The maximum Gasteiger partial charge on any atom is 0.160 e. The van der Waals surface area contributed by atoms with Gasteiger partial charge in [-0.25, -0.2) is 9.98 Å². The maximum absolute atomic E-state index is 6.49. The smallest absolute Gasteiger partial charge is 0.160 e. The maximum atomic E-state index is 6.49. The van der Waals surface area contributed by atoms with E-state index >= 15 is 0 Å². The average Bonchev–Trinajstić information content (AvgIpc) is 3.82. The van der Waals surface area contributed by atoms with Gasteiger partial charge in [-0.2, -0.15) is 0 Å².